The molecule has 84 valence electrons. The molecule has 1 heterocycles. The van der Waals surface area contributed by atoms with Gasteiger partial charge in [-0.25, -0.2) is 0 Å². The first kappa shape index (κ1) is 16.4. The predicted molar refractivity (Wildman–Crippen MR) is 67.5 cm³/mol. The van der Waals surface area contributed by atoms with Crippen molar-refractivity contribution in [2.24, 2.45) is 0 Å². The van der Waals surface area contributed by atoms with Crippen molar-refractivity contribution in [3.63, 3.8) is 0 Å². The third kappa shape index (κ3) is 4.62. The molecule has 1 saturated heterocycles. The molecule has 5 heteroatoms. The van der Waals surface area contributed by atoms with Gasteiger partial charge in [-0.15, -0.1) is 0 Å². The van der Waals surface area contributed by atoms with Crippen LogP contribution in [0.2, 0.25) is 39.3 Å². The Bertz CT molecular complexity index is 181. The number of hydrogen-bond acceptors (Lipinski definition) is 2. The Kier molecular flexibility index (Phi) is 6.32. The molecule has 0 aromatic rings. The van der Waals surface area contributed by atoms with E-state index < -0.39 is 16.5 Å². The van der Waals surface area contributed by atoms with Gasteiger partial charge in [0.1, 0.15) is 16.5 Å². The molecule has 0 saturated carbocycles. The molecule has 1 atom stereocenters. The van der Waals surface area contributed by atoms with Gasteiger partial charge in [0.2, 0.25) is 0 Å². The molecule has 0 N–H and O–H groups in total. The van der Waals surface area contributed by atoms with Gasteiger partial charge in [-0.1, -0.05) is 39.3 Å². The number of nitrogens with zero attached hydrogens (tertiary/aromatic N) is 1. The van der Waals surface area contributed by atoms with Crippen LogP contribution in [0.25, 0.3) is 0 Å². The topological polar surface area (TPSA) is 12.5 Å². The van der Waals surface area contributed by atoms with Gasteiger partial charge in [-0.2, -0.15) is 0 Å². The van der Waals surface area contributed by atoms with E-state index in [1.807, 2.05) is 0 Å². The van der Waals surface area contributed by atoms with E-state index in [0.717, 1.165) is 6.61 Å². The smallest absolute Gasteiger partial charge is 0.364 e. The molecular weight excluding hydrogens is 229 g/mol. The van der Waals surface area contributed by atoms with E-state index in [1.165, 1.54) is 12.8 Å². The first-order valence-electron chi connectivity index (χ1n) is 5.64. The zero-order valence-corrected chi connectivity index (χ0v) is 15.6. The fourth-order valence-electron chi connectivity index (χ4n) is 2.63. The maximum atomic E-state index is 5.86. The first-order valence-corrected chi connectivity index (χ1v) is 12.5. The van der Waals surface area contributed by atoms with Crippen molar-refractivity contribution in [3.05, 3.63) is 0 Å². The molecule has 0 radical (unpaired) electrons. The van der Waals surface area contributed by atoms with Crippen molar-refractivity contribution in [1.82, 2.24) is 4.23 Å². The summed E-state index contributed by atoms with van der Waals surface area (Å²) < 4.78 is 8.63. The van der Waals surface area contributed by atoms with Crippen LogP contribution in [0.5, 0.6) is 0 Å². The molecule has 0 aliphatic carbocycles. The van der Waals surface area contributed by atoms with E-state index in [2.05, 4.69) is 43.5 Å². The minimum atomic E-state index is -1.22. The average Bonchev–Trinajstić information content (AvgIpc) is 2.31. The molecule has 0 aromatic heterocycles. The van der Waals surface area contributed by atoms with Gasteiger partial charge >= 0.3 is 29.6 Å². The zero-order chi connectivity index (χ0) is 11.0. The second kappa shape index (κ2) is 5.80. The van der Waals surface area contributed by atoms with Crippen LogP contribution in [0, 0.1) is 0 Å². The standard InChI is InChI=1S/C10H25NOSi2.Na/c1-13(2,3)11(14(4,5)6)10-8-7-9-12-10;/h10H,7-9H2,1-6H3;/q;+1. The van der Waals surface area contributed by atoms with Crippen LogP contribution in [0.1, 0.15) is 12.8 Å². The summed E-state index contributed by atoms with van der Waals surface area (Å²) in [5.41, 5.74) is 0. The second-order valence-electron chi connectivity index (χ2n) is 6.18. The summed E-state index contributed by atoms with van der Waals surface area (Å²) >= 11 is 0. The van der Waals surface area contributed by atoms with Crippen LogP contribution in [-0.2, 0) is 4.74 Å². The molecule has 15 heavy (non-hydrogen) atoms. The molecule has 0 aromatic carbocycles. The Hall–Kier alpha value is 1.35. The number of hydrogen-bond donors (Lipinski definition) is 0. The van der Waals surface area contributed by atoms with E-state index >= 15 is 0 Å². The fraction of sp³-hybridized carbons (Fsp3) is 1.00. The Labute approximate surface area is 119 Å². The Morgan fingerprint density at radius 3 is 1.73 bits per heavy atom. The van der Waals surface area contributed by atoms with E-state index in [9.17, 15) is 0 Å². The summed E-state index contributed by atoms with van der Waals surface area (Å²) in [5.74, 6) is 0. The quantitative estimate of drug-likeness (QED) is 0.663. The molecule has 0 bridgehead atoms. The van der Waals surface area contributed by atoms with Crippen LogP contribution in [0.4, 0.5) is 0 Å². The maximum absolute atomic E-state index is 5.86. The van der Waals surface area contributed by atoms with Gasteiger partial charge in [0.25, 0.3) is 0 Å². The Morgan fingerprint density at radius 2 is 1.47 bits per heavy atom. The minimum absolute atomic E-state index is 0. The molecular formula is C10H25NNaOSi2+. The van der Waals surface area contributed by atoms with Crippen LogP contribution in [0.15, 0.2) is 0 Å². The summed E-state index contributed by atoms with van der Waals surface area (Å²) in [4.78, 5) is 0. The maximum Gasteiger partial charge on any atom is 1.00 e. The Morgan fingerprint density at radius 1 is 1.00 bits per heavy atom. The Balaban J connectivity index is 0.00000196. The summed E-state index contributed by atoms with van der Waals surface area (Å²) in [5, 5.41) is 0. The summed E-state index contributed by atoms with van der Waals surface area (Å²) in [6, 6.07) is 0. The summed E-state index contributed by atoms with van der Waals surface area (Å²) in [7, 11) is -2.43. The molecule has 0 amide bonds. The van der Waals surface area contributed by atoms with Crippen molar-refractivity contribution in [2.45, 2.75) is 58.4 Å². The van der Waals surface area contributed by atoms with Crippen molar-refractivity contribution in [1.29, 1.82) is 0 Å². The van der Waals surface area contributed by atoms with E-state index in [-0.39, 0.29) is 29.6 Å². The monoisotopic (exact) mass is 254 g/mol. The van der Waals surface area contributed by atoms with Crippen molar-refractivity contribution in [3.8, 4) is 0 Å². The van der Waals surface area contributed by atoms with E-state index in [4.69, 9.17) is 4.74 Å². The van der Waals surface area contributed by atoms with Crippen molar-refractivity contribution < 1.29 is 34.3 Å². The average molecular weight is 254 g/mol. The van der Waals surface area contributed by atoms with Gasteiger partial charge in [-0.05, 0) is 12.8 Å². The van der Waals surface area contributed by atoms with Gasteiger partial charge < -0.3 is 8.97 Å². The van der Waals surface area contributed by atoms with Gasteiger partial charge in [0, 0.05) is 6.61 Å². The SMILES string of the molecule is C[Si](C)(C)N(C1CCCO1)[Si](C)(C)C.[Na+]. The summed E-state index contributed by atoms with van der Waals surface area (Å²) in [6.07, 6.45) is 2.93. The van der Waals surface area contributed by atoms with Crippen LogP contribution >= 0.6 is 0 Å². The predicted octanol–water partition coefficient (Wildman–Crippen LogP) is 0.0987. The number of rotatable bonds is 3. The number of ether oxygens (including phenoxy) is 1. The molecule has 1 rings (SSSR count). The third-order valence-electron chi connectivity index (χ3n) is 2.64. The molecule has 1 aliphatic rings. The second-order valence-corrected chi connectivity index (χ2v) is 16.3. The van der Waals surface area contributed by atoms with E-state index in [1.54, 1.807) is 0 Å². The normalized spacial score (nSPS) is 23.0. The van der Waals surface area contributed by atoms with Crippen LogP contribution in [-0.4, -0.2) is 33.5 Å². The van der Waals surface area contributed by atoms with E-state index in [0.29, 0.717) is 6.23 Å². The third-order valence-corrected chi connectivity index (χ3v) is 10.1. The zero-order valence-electron chi connectivity index (χ0n) is 11.6. The fourth-order valence-corrected chi connectivity index (χ4v) is 12.8. The van der Waals surface area contributed by atoms with Crippen molar-refractivity contribution in [2.75, 3.05) is 6.61 Å². The molecule has 0 spiro atoms. The summed E-state index contributed by atoms with van der Waals surface area (Å²) in [6.45, 7) is 15.6. The molecule has 1 unspecified atom stereocenters. The van der Waals surface area contributed by atoms with Gasteiger partial charge in [-0.3, -0.25) is 0 Å². The van der Waals surface area contributed by atoms with Crippen molar-refractivity contribution >= 4 is 16.5 Å². The molecule has 1 aliphatic heterocycles. The van der Waals surface area contributed by atoms with Crippen LogP contribution < -0.4 is 29.6 Å². The molecule has 1 fully saturated rings. The first-order chi connectivity index (χ1) is 6.23. The molecule has 2 nitrogen and oxygen atoms in total. The van der Waals surface area contributed by atoms with Gasteiger partial charge in [0.05, 0.1) is 6.23 Å². The van der Waals surface area contributed by atoms with Crippen LogP contribution in [0.3, 0.4) is 0 Å². The minimum Gasteiger partial charge on any atom is -0.364 e. The largest absolute Gasteiger partial charge is 1.00 e. The van der Waals surface area contributed by atoms with Gasteiger partial charge in [0.15, 0.2) is 0 Å².